The lowest BCUT2D eigenvalue weighted by Crippen LogP contribution is -2.25. The van der Waals surface area contributed by atoms with E-state index in [9.17, 15) is 5.11 Å². The molecule has 0 heterocycles. The maximum atomic E-state index is 9.42. The Labute approximate surface area is 143 Å². The maximum Gasteiger partial charge on any atom is 0.132 e. The Balaban J connectivity index is 2.17. The molecular weight excluding hydrogens is 306 g/mol. The summed E-state index contributed by atoms with van der Waals surface area (Å²) in [5, 5.41) is 9.42. The average Bonchev–Trinajstić information content (AvgIpc) is 2.60. The van der Waals surface area contributed by atoms with Gasteiger partial charge >= 0.3 is 0 Å². The predicted octanol–water partition coefficient (Wildman–Crippen LogP) is 3.97. The molecule has 1 N–H and O–H groups in total. The number of hydrogen-bond donors (Lipinski definition) is 1. The van der Waals surface area contributed by atoms with Gasteiger partial charge in [0.05, 0.1) is 7.11 Å². The van der Waals surface area contributed by atoms with Gasteiger partial charge in [-0.3, -0.25) is 4.90 Å². The molecule has 0 aliphatic heterocycles. The minimum Gasteiger partial charge on any atom is -0.496 e. The Hall–Kier alpha value is -1.49. The molecule has 4 heteroatoms. The van der Waals surface area contributed by atoms with Gasteiger partial charge in [-0.25, -0.2) is 0 Å². The topological polar surface area (TPSA) is 32.7 Å². The van der Waals surface area contributed by atoms with Gasteiger partial charge < -0.3 is 9.84 Å². The highest BCUT2D eigenvalue weighted by Crippen LogP contribution is 2.30. The Morgan fingerprint density at radius 2 is 1.91 bits per heavy atom. The van der Waals surface area contributed by atoms with E-state index in [1.165, 1.54) is 11.1 Å². The maximum absolute atomic E-state index is 9.42. The van der Waals surface area contributed by atoms with Crippen molar-refractivity contribution in [2.24, 2.45) is 0 Å². The number of methoxy groups -OCH3 is 1. The third-order valence-electron chi connectivity index (χ3n) is 4.00. The van der Waals surface area contributed by atoms with Crippen molar-refractivity contribution in [2.45, 2.75) is 23.9 Å². The molecule has 3 nitrogen and oxygen atoms in total. The lowest BCUT2D eigenvalue weighted by Gasteiger charge is -2.28. The van der Waals surface area contributed by atoms with E-state index in [0.717, 1.165) is 23.6 Å². The molecule has 1 atom stereocenters. The van der Waals surface area contributed by atoms with E-state index < -0.39 is 0 Å². The molecule has 0 aliphatic carbocycles. The van der Waals surface area contributed by atoms with Crippen molar-refractivity contribution in [3.05, 3.63) is 59.7 Å². The Morgan fingerprint density at radius 1 is 1.17 bits per heavy atom. The number of hydrogen-bond acceptors (Lipinski definition) is 4. The Bertz CT molecular complexity index is 604. The summed E-state index contributed by atoms with van der Waals surface area (Å²) in [5.74, 6) is 0.916. The second kappa shape index (κ2) is 8.96. The van der Waals surface area contributed by atoms with Crippen molar-refractivity contribution in [1.29, 1.82) is 0 Å². The highest BCUT2D eigenvalue weighted by molar-refractivity contribution is 7.98. The van der Waals surface area contributed by atoms with E-state index in [1.807, 2.05) is 24.3 Å². The number of nitrogens with zero attached hydrogens (tertiary/aromatic N) is 1. The Morgan fingerprint density at radius 3 is 2.52 bits per heavy atom. The molecule has 0 amide bonds. The van der Waals surface area contributed by atoms with Gasteiger partial charge in [0, 0.05) is 24.1 Å². The van der Waals surface area contributed by atoms with Gasteiger partial charge in [0.15, 0.2) is 0 Å². The third-order valence-corrected chi connectivity index (χ3v) is 4.76. The van der Waals surface area contributed by atoms with Gasteiger partial charge in [0.1, 0.15) is 5.75 Å². The molecule has 0 bridgehead atoms. The van der Waals surface area contributed by atoms with Crippen LogP contribution in [-0.4, -0.2) is 37.0 Å². The fraction of sp³-hybridized carbons (Fsp3) is 0.368. The van der Waals surface area contributed by atoms with E-state index in [-0.39, 0.29) is 12.6 Å². The summed E-state index contributed by atoms with van der Waals surface area (Å²) in [4.78, 5) is 3.44. The second-order valence-electron chi connectivity index (χ2n) is 5.54. The molecule has 2 aromatic carbocycles. The molecule has 2 rings (SSSR count). The van der Waals surface area contributed by atoms with Crippen molar-refractivity contribution < 1.29 is 9.84 Å². The van der Waals surface area contributed by atoms with E-state index in [1.54, 1.807) is 18.9 Å². The number of rotatable bonds is 8. The smallest absolute Gasteiger partial charge is 0.132 e. The second-order valence-corrected chi connectivity index (χ2v) is 6.39. The highest BCUT2D eigenvalue weighted by Gasteiger charge is 2.17. The number of ether oxygens (including phenoxy) is 1. The molecule has 0 fully saturated rings. The SMILES string of the molecule is COc1ccc(CN(C)C(CCO)c2ccccc2)cc1SC. The van der Waals surface area contributed by atoms with Crippen LogP contribution in [0.2, 0.25) is 0 Å². The van der Waals surface area contributed by atoms with Crippen LogP contribution in [0.3, 0.4) is 0 Å². The van der Waals surface area contributed by atoms with E-state index in [0.29, 0.717) is 0 Å². The molecule has 0 spiro atoms. The first-order valence-corrected chi connectivity index (χ1v) is 8.99. The monoisotopic (exact) mass is 331 g/mol. The fourth-order valence-corrected chi connectivity index (χ4v) is 3.44. The summed E-state index contributed by atoms with van der Waals surface area (Å²) in [5.41, 5.74) is 2.49. The minimum atomic E-state index is 0.183. The highest BCUT2D eigenvalue weighted by atomic mass is 32.2. The summed E-state index contributed by atoms with van der Waals surface area (Å²) < 4.78 is 5.38. The normalized spacial score (nSPS) is 12.4. The van der Waals surface area contributed by atoms with Gasteiger partial charge in [-0.15, -0.1) is 11.8 Å². The average molecular weight is 331 g/mol. The molecule has 1 unspecified atom stereocenters. The predicted molar refractivity (Wildman–Crippen MR) is 97.1 cm³/mol. The molecule has 0 radical (unpaired) electrons. The van der Waals surface area contributed by atoms with Gasteiger partial charge in [-0.05, 0) is 43.0 Å². The first-order chi connectivity index (χ1) is 11.2. The fourth-order valence-electron chi connectivity index (χ4n) is 2.82. The lowest BCUT2D eigenvalue weighted by atomic mass is 10.0. The number of aliphatic hydroxyl groups excluding tert-OH is 1. The summed E-state index contributed by atoms with van der Waals surface area (Å²) in [6, 6.07) is 16.9. The van der Waals surface area contributed by atoms with Crippen LogP contribution >= 0.6 is 11.8 Å². The van der Waals surface area contributed by atoms with Gasteiger partial charge in [-0.2, -0.15) is 0 Å². The number of aliphatic hydroxyl groups is 1. The van der Waals surface area contributed by atoms with Crippen LogP contribution in [0.15, 0.2) is 53.4 Å². The standard InChI is InChI=1S/C19H25NO2S/c1-20(17(11-12-21)16-7-5-4-6-8-16)14-15-9-10-18(22-2)19(13-15)23-3/h4-10,13,17,21H,11-12,14H2,1-3H3. The van der Waals surface area contributed by atoms with Crippen LogP contribution in [-0.2, 0) is 6.54 Å². The first kappa shape index (κ1) is 17.9. The number of thioether (sulfide) groups is 1. The summed E-state index contributed by atoms with van der Waals surface area (Å²) in [6.45, 7) is 1.01. The van der Waals surface area contributed by atoms with E-state index >= 15 is 0 Å². The van der Waals surface area contributed by atoms with Crippen molar-refractivity contribution >= 4 is 11.8 Å². The van der Waals surface area contributed by atoms with Crippen molar-refractivity contribution in [2.75, 3.05) is 27.0 Å². The zero-order valence-corrected chi connectivity index (χ0v) is 14.8. The van der Waals surface area contributed by atoms with Gasteiger partial charge in [0.25, 0.3) is 0 Å². The number of benzene rings is 2. The Kier molecular flexibility index (Phi) is 6.96. The van der Waals surface area contributed by atoms with Gasteiger partial charge in [0.2, 0.25) is 0 Å². The lowest BCUT2D eigenvalue weighted by molar-refractivity contribution is 0.180. The van der Waals surface area contributed by atoms with E-state index in [2.05, 4.69) is 42.5 Å². The third kappa shape index (κ3) is 4.74. The van der Waals surface area contributed by atoms with Crippen LogP contribution in [0, 0.1) is 0 Å². The molecule has 0 aromatic heterocycles. The summed E-state index contributed by atoms with van der Waals surface area (Å²) in [7, 11) is 3.81. The zero-order chi connectivity index (χ0) is 16.7. The first-order valence-electron chi connectivity index (χ1n) is 7.76. The van der Waals surface area contributed by atoms with Crippen molar-refractivity contribution in [3.63, 3.8) is 0 Å². The molecule has 124 valence electrons. The molecule has 23 heavy (non-hydrogen) atoms. The summed E-state index contributed by atoms with van der Waals surface area (Å²) in [6.07, 6.45) is 2.79. The molecule has 0 aliphatic rings. The van der Waals surface area contributed by atoms with Gasteiger partial charge in [-0.1, -0.05) is 36.4 Å². The van der Waals surface area contributed by atoms with Crippen LogP contribution in [0.1, 0.15) is 23.6 Å². The zero-order valence-electron chi connectivity index (χ0n) is 14.0. The quantitative estimate of drug-likeness (QED) is 0.742. The van der Waals surface area contributed by atoms with E-state index in [4.69, 9.17) is 4.74 Å². The van der Waals surface area contributed by atoms with Crippen molar-refractivity contribution in [1.82, 2.24) is 4.90 Å². The molecule has 0 saturated heterocycles. The van der Waals surface area contributed by atoms with Crippen molar-refractivity contribution in [3.8, 4) is 5.75 Å². The van der Waals surface area contributed by atoms with Crippen LogP contribution in [0.4, 0.5) is 0 Å². The van der Waals surface area contributed by atoms with Crippen LogP contribution in [0.5, 0.6) is 5.75 Å². The minimum absolute atomic E-state index is 0.183. The van der Waals surface area contributed by atoms with Crippen LogP contribution in [0.25, 0.3) is 0 Å². The largest absolute Gasteiger partial charge is 0.496 e. The summed E-state index contributed by atoms with van der Waals surface area (Å²) >= 11 is 1.69. The molecule has 2 aromatic rings. The molecular formula is C19H25NO2S. The van der Waals surface area contributed by atoms with Crippen LogP contribution < -0.4 is 4.74 Å². The molecule has 0 saturated carbocycles.